The second-order valence-corrected chi connectivity index (χ2v) is 6.67. The van der Waals surface area contributed by atoms with Gasteiger partial charge in [-0.2, -0.15) is 5.10 Å². The van der Waals surface area contributed by atoms with Crippen molar-refractivity contribution < 1.29 is 4.79 Å². The molecule has 1 aliphatic rings. The molecule has 1 heterocycles. The second-order valence-electron chi connectivity index (χ2n) is 6.28. The van der Waals surface area contributed by atoms with Crippen LogP contribution in [0.3, 0.4) is 0 Å². The minimum atomic E-state index is -0.228. The van der Waals surface area contributed by atoms with E-state index in [0.717, 1.165) is 31.5 Å². The number of nitrogens with zero attached hydrogens (tertiary/aromatic N) is 2. The van der Waals surface area contributed by atoms with Crippen LogP contribution in [-0.2, 0) is 17.8 Å². The summed E-state index contributed by atoms with van der Waals surface area (Å²) in [7, 11) is 0. The molecule has 1 fully saturated rings. The molecule has 1 amide bonds. The van der Waals surface area contributed by atoms with Crippen LogP contribution in [0.4, 0.5) is 0 Å². The maximum atomic E-state index is 12.7. The highest BCUT2D eigenvalue weighted by atomic mass is 32.1. The van der Waals surface area contributed by atoms with Gasteiger partial charge in [-0.15, -0.1) is 0 Å². The molecule has 0 unspecified atom stereocenters. The Hall–Kier alpha value is -1.95. The zero-order chi connectivity index (χ0) is 16.3. The molecule has 0 radical (unpaired) electrons. The number of H-pyrrole nitrogens is 1. The van der Waals surface area contributed by atoms with Crippen molar-refractivity contribution in [2.75, 3.05) is 6.54 Å². The molecule has 3 rings (SSSR count). The standard InChI is InChI=1S/C17H22N4OS/c1-13-19-20-16(23)21(13)11-10-18-15(22)17(8-5-9-17)12-14-6-3-2-4-7-14/h2-4,6-7H,5,8-12H2,1H3,(H,18,22)(H,20,23). The van der Waals surface area contributed by atoms with Crippen molar-refractivity contribution >= 4 is 18.1 Å². The van der Waals surface area contributed by atoms with Crippen LogP contribution in [-0.4, -0.2) is 27.2 Å². The third-order valence-electron chi connectivity index (χ3n) is 4.75. The van der Waals surface area contributed by atoms with Crippen LogP contribution < -0.4 is 5.32 Å². The largest absolute Gasteiger partial charge is 0.354 e. The van der Waals surface area contributed by atoms with E-state index >= 15 is 0 Å². The van der Waals surface area contributed by atoms with E-state index < -0.39 is 0 Å². The molecule has 0 saturated heterocycles. The average molecular weight is 330 g/mol. The Bertz CT molecular complexity index is 731. The molecular formula is C17H22N4OS. The number of hydrogen-bond donors (Lipinski definition) is 2. The molecule has 1 aromatic heterocycles. The second kappa shape index (κ2) is 6.66. The fraction of sp³-hybridized carbons (Fsp3) is 0.471. The minimum Gasteiger partial charge on any atom is -0.354 e. The highest BCUT2D eigenvalue weighted by molar-refractivity contribution is 7.71. The Labute approximate surface area is 141 Å². The lowest BCUT2D eigenvalue weighted by atomic mass is 9.64. The third kappa shape index (κ3) is 3.37. The number of carbonyl (C=O) groups is 1. The van der Waals surface area contributed by atoms with E-state index in [1.165, 1.54) is 5.56 Å². The Morgan fingerprint density at radius 1 is 1.39 bits per heavy atom. The number of carbonyl (C=O) groups excluding carboxylic acids is 1. The van der Waals surface area contributed by atoms with Gasteiger partial charge < -0.3 is 9.88 Å². The van der Waals surface area contributed by atoms with Crippen LogP contribution in [0.5, 0.6) is 0 Å². The Morgan fingerprint density at radius 2 is 2.13 bits per heavy atom. The van der Waals surface area contributed by atoms with Crippen molar-refractivity contribution in [3.63, 3.8) is 0 Å². The van der Waals surface area contributed by atoms with Gasteiger partial charge in [0.2, 0.25) is 5.91 Å². The number of aromatic amines is 1. The highest BCUT2D eigenvalue weighted by Crippen LogP contribution is 2.43. The van der Waals surface area contributed by atoms with Gasteiger partial charge in [-0.1, -0.05) is 36.8 Å². The summed E-state index contributed by atoms with van der Waals surface area (Å²) in [6.07, 6.45) is 3.89. The van der Waals surface area contributed by atoms with E-state index in [1.807, 2.05) is 29.7 Å². The van der Waals surface area contributed by atoms with Crippen molar-refractivity contribution in [2.45, 2.75) is 39.2 Å². The summed E-state index contributed by atoms with van der Waals surface area (Å²) in [4.78, 5) is 12.7. The molecule has 1 saturated carbocycles. The number of benzene rings is 1. The quantitative estimate of drug-likeness (QED) is 0.801. The molecule has 5 nitrogen and oxygen atoms in total. The van der Waals surface area contributed by atoms with Crippen molar-refractivity contribution in [3.05, 3.63) is 46.5 Å². The SMILES string of the molecule is Cc1n[nH]c(=S)n1CCNC(=O)C1(Cc2ccccc2)CCC1. The monoisotopic (exact) mass is 330 g/mol. The number of nitrogens with one attached hydrogen (secondary N) is 2. The number of rotatable bonds is 6. The lowest BCUT2D eigenvalue weighted by molar-refractivity contribution is -0.135. The fourth-order valence-electron chi connectivity index (χ4n) is 3.20. The van der Waals surface area contributed by atoms with Crippen molar-refractivity contribution in [3.8, 4) is 0 Å². The van der Waals surface area contributed by atoms with Crippen LogP contribution in [0.25, 0.3) is 0 Å². The molecule has 1 aromatic carbocycles. The molecule has 0 aliphatic heterocycles. The van der Waals surface area contributed by atoms with E-state index in [2.05, 4.69) is 27.6 Å². The predicted molar refractivity (Wildman–Crippen MR) is 91.6 cm³/mol. The summed E-state index contributed by atoms with van der Waals surface area (Å²) < 4.78 is 2.50. The Kier molecular flexibility index (Phi) is 4.61. The van der Waals surface area contributed by atoms with Crippen LogP contribution >= 0.6 is 12.2 Å². The number of aromatic nitrogens is 3. The van der Waals surface area contributed by atoms with E-state index in [-0.39, 0.29) is 11.3 Å². The first kappa shape index (κ1) is 15.9. The molecule has 1 aliphatic carbocycles. The van der Waals surface area contributed by atoms with Gasteiger partial charge in [0.05, 0.1) is 5.41 Å². The number of amides is 1. The summed E-state index contributed by atoms with van der Waals surface area (Å²) in [6, 6.07) is 10.3. The van der Waals surface area contributed by atoms with Crippen LogP contribution in [0.15, 0.2) is 30.3 Å². The summed E-state index contributed by atoms with van der Waals surface area (Å²) in [5, 5.41) is 9.93. The fourth-order valence-corrected chi connectivity index (χ4v) is 3.47. The van der Waals surface area contributed by atoms with Gasteiger partial charge in [0, 0.05) is 13.1 Å². The van der Waals surface area contributed by atoms with Gasteiger partial charge >= 0.3 is 0 Å². The maximum absolute atomic E-state index is 12.7. The summed E-state index contributed by atoms with van der Waals surface area (Å²) in [6.45, 7) is 3.12. The molecule has 2 N–H and O–H groups in total. The smallest absolute Gasteiger partial charge is 0.226 e. The molecular weight excluding hydrogens is 308 g/mol. The van der Waals surface area contributed by atoms with Crippen molar-refractivity contribution in [2.24, 2.45) is 5.41 Å². The molecule has 0 atom stereocenters. The summed E-state index contributed by atoms with van der Waals surface area (Å²) in [5.41, 5.74) is 1.00. The van der Waals surface area contributed by atoms with E-state index in [4.69, 9.17) is 12.2 Å². The minimum absolute atomic E-state index is 0.167. The lowest BCUT2D eigenvalue weighted by Crippen LogP contribution is -2.47. The van der Waals surface area contributed by atoms with Crippen LogP contribution in [0, 0.1) is 17.1 Å². The molecule has 23 heavy (non-hydrogen) atoms. The molecule has 122 valence electrons. The van der Waals surface area contributed by atoms with E-state index in [0.29, 0.717) is 17.9 Å². The van der Waals surface area contributed by atoms with Gasteiger partial charge in [0.25, 0.3) is 0 Å². The van der Waals surface area contributed by atoms with Crippen LogP contribution in [0.1, 0.15) is 30.7 Å². The normalized spacial score (nSPS) is 15.9. The van der Waals surface area contributed by atoms with Gasteiger partial charge in [-0.3, -0.25) is 9.89 Å². The van der Waals surface area contributed by atoms with Crippen LogP contribution in [0.2, 0.25) is 0 Å². The van der Waals surface area contributed by atoms with Gasteiger partial charge in [-0.05, 0) is 44.0 Å². The first-order valence-electron chi connectivity index (χ1n) is 8.05. The van der Waals surface area contributed by atoms with Gasteiger partial charge in [0.15, 0.2) is 4.77 Å². The van der Waals surface area contributed by atoms with E-state index in [1.54, 1.807) is 0 Å². The van der Waals surface area contributed by atoms with Gasteiger partial charge in [0.1, 0.15) is 5.82 Å². The lowest BCUT2D eigenvalue weighted by Gasteiger charge is -2.40. The zero-order valence-electron chi connectivity index (χ0n) is 13.3. The van der Waals surface area contributed by atoms with E-state index in [9.17, 15) is 4.79 Å². The first-order chi connectivity index (χ1) is 11.1. The van der Waals surface area contributed by atoms with Gasteiger partial charge in [-0.25, -0.2) is 0 Å². The number of hydrogen-bond acceptors (Lipinski definition) is 3. The average Bonchev–Trinajstić information content (AvgIpc) is 2.83. The summed E-state index contributed by atoms with van der Waals surface area (Å²) >= 11 is 5.18. The highest BCUT2D eigenvalue weighted by Gasteiger charge is 2.43. The predicted octanol–water partition coefficient (Wildman–Crippen LogP) is 2.78. The Balaban J connectivity index is 1.59. The van der Waals surface area contributed by atoms with Crippen molar-refractivity contribution in [1.29, 1.82) is 0 Å². The third-order valence-corrected chi connectivity index (χ3v) is 5.06. The molecule has 0 bridgehead atoms. The summed E-state index contributed by atoms with van der Waals surface area (Å²) in [5.74, 6) is 1.01. The first-order valence-corrected chi connectivity index (χ1v) is 8.46. The number of aryl methyl sites for hydroxylation is 1. The molecule has 6 heteroatoms. The Morgan fingerprint density at radius 3 is 2.70 bits per heavy atom. The topological polar surface area (TPSA) is 62.7 Å². The molecule has 0 spiro atoms. The zero-order valence-corrected chi connectivity index (χ0v) is 14.2. The maximum Gasteiger partial charge on any atom is 0.226 e. The molecule has 2 aromatic rings. The van der Waals surface area contributed by atoms with Crippen molar-refractivity contribution in [1.82, 2.24) is 20.1 Å².